The normalized spacial score (nSPS) is 29.8. The zero-order chi connectivity index (χ0) is 15.2. The van der Waals surface area contributed by atoms with Gasteiger partial charge in [0.05, 0.1) is 6.20 Å². The van der Waals surface area contributed by atoms with Crippen LogP contribution in [0.5, 0.6) is 0 Å². The van der Waals surface area contributed by atoms with E-state index in [4.69, 9.17) is 0 Å². The molecule has 4 rings (SSSR count). The molecule has 3 aliphatic heterocycles. The summed E-state index contributed by atoms with van der Waals surface area (Å²) in [7, 11) is -3.41. The SMILES string of the molecule is O=S(=O)(c1cnc2n1CCCC2)N1CCC2(CCCNC2)C1. The van der Waals surface area contributed by atoms with E-state index < -0.39 is 10.0 Å². The zero-order valence-corrected chi connectivity index (χ0v) is 13.7. The monoisotopic (exact) mass is 324 g/mol. The van der Waals surface area contributed by atoms with E-state index >= 15 is 0 Å². The Morgan fingerprint density at radius 2 is 2.09 bits per heavy atom. The van der Waals surface area contributed by atoms with Crippen molar-refractivity contribution in [1.82, 2.24) is 19.2 Å². The second kappa shape index (κ2) is 5.32. The van der Waals surface area contributed by atoms with Crippen molar-refractivity contribution in [2.75, 3.05) is 26.2 Å². The van der Waals surface area contributed by atoms with Crippen molar-refractivity contribution in [1.29, 1.82) is 0 Å². The van der Waals surface area contributed by atoms with Crippen LogP contribution in [0.3, 0.4) is 0 Å². The van der Waals surface area contributed by atoms with Gasteiger partial charge in [-0.25, -0.2) is 13.4 Å². The number of fused-ring (bicyclic) bond motifs is 1. The van der Waals surface area contributed by atoms with E-state index in [9.17, 15) is 8.42 Å². The van der Waals surface area contributed by atoms with Crippen LogP contribution in [0.1, 0.15) is 37.9 Å². The van der Waals surface area contributed by atoms with Crippen LogP contribution in [-0.2, 0) is 23.0 Å². The number of rotatable bonds is 2. The average Bonchev–Trinajstić information content (AvgIpc) is 3.13. The summed E-state index contributed by atoms with van der Waals surface area (Å²) in [5, 5.41) is 3.84. The molecule has 0 saturated carbocycles. The van der Waals surface area contributed by atoms with Crippen molar-refractivity contribution in [2.45, 2.75) is 50.1 Å². The van der Waals surface area contributed by atoms with Gasteiger partial charge in [0, 0.05) is 32.6 Å². The minimum Gasteiger partial charge on any atom is -0.318 e. The fourth-order valence-electron chi connectivity index (χ4n) is 4.20. The lowest BCUT2D eigenvalue weighted by Gasteiger charge is -2.33. The van der Waals surface area contributed by atoms with E-state index in [0.717, 1.165) is 64.0 Å². The van der Waals surface area contributed by atoms with Gasteiger partial charge >= 0.3 is 0 Å². The Morgan fingerprint density at radius 3 is 2.91 bits per heavy atom. The Bertz CT molecular complexity index is 661. The van der Waals surface area contributed by atoms with Crippen LogP contribution < -0.4 is 5.32 Å². The van der Waals surface area contributed by atoms with Crippen LogP contribution in [0.2, 0.25) is 0 Å². The molecule has 122 valence electrons. The maximum absolute atomic E-state index is 13.0. The molecule has 1 spiro atoms. The molecule has 4 heterocycles. The second-order valence-corrected chi connectivity index (χ2v) is 8.88. The predicted molar refractivity (Wildman–Crippen MR) is 83.1 cm³/mol. The molecule has 1 atom stereocenters. The van der Waals surface area contributed by atoms with Gasteiger partial charge in [-0.1, -0.05) is 0 Å². The Kier molecular flexibility index (Phi) is 3.54. The van der Waals surface area contributed by atoms with E-state index in [1.54, 1.807) is 10.5 Å². The fraction of sp³-hybridized carbons (Fsp3) is 0.800. The van der Waals surface area contributed by atoms with Crippen LogP contribution in [0.15, 0.2) is 11.2 Å². The lowest BCUT2D eigenvalue weighted by molar-refractivity contribution is 0.224. The first-order chi connectivity index (χ1) is 10.6. The molecular formula is C15H24N4O2S. The third-order valence-corrected chi connectivity index (χ3v) is 7.35. The minimum absolute atomic E-state index is 0.149. The number of aromatic nitrogens is 2. The molecular weight excluding hydrogens is 300 g/mol. The largest absolute Gasteiger partial charge is 0.318 e. The number of hydrogen-bond acceptors (Lipinski definition) is 4. The van der Waals surface area contributed by atoms with E-state index in [1.807, 2.05) is 4.57 Å². The summed E-state index contributed by atoms with van der Waals surface area (Å²) in [4.78, 5) is 4.34. The maximum atomic E-state index is 13.0. The fourth-order valence-corrected chi connectivity index (χ4v) is 5.91. The first-order valence-corrected chi connectivity index (χ1v) is 9.80. The molecule has 0 radical (unpaired) electrons. The molecule has 22 heavy (non-hydrogen) atoms. The molecule has 2 fully saturated rings. The summed E-state index contributed by atoms with van der Waals surface area (Å²) in [6.45, 7) is 4.09. The molecule has 0 amide bonds. The molecule has 7 heteroatoms. The second-order valence-electron chi connectivity index (χ2n) is 6.99. The third kappa shape index (κ3) is 2.30. The molecule has 0 aliphatic carbocycles. The molecule has 6 nitrogen and oxygen atoms in total. The van der Waals surface area contributed by atoms with Gasteiger partial charge in [0.25, 0.3) is 10.0 Å². The van der Waals surface area contributed by atoms with Crippen molar-refractivity contribution in [3.63, 3.8) is 0 Å². The first-order valence-electron chi connectivity index (χ1n) is 8.36. The van der Waals surface area contributed by atoms with Crippen molar-refractivity contribution < 1.29 is 8.42 Å². The van der Waals surface area contributed by atoms with Gasteiger partial charge in [-0.2, -0.15) is 4.31 Å². The Labute approximate surface area is 132 Å². The number of aryl methyl sites for hydroxylation is 1. The van der Waals surface area contributed by atoms with Gasteiger partial charge in [0.1, 0.15) is 5.82 Å². The van der Waals surface area contributed by atoms with Gasteiger partial charge in [-0.05, 0) is 44.1 Å². The maximum Gasteiger partial charge on any atom is 0.260 e. The molecule has 1 N–H and O–H groups in total. The van der Waals surface area contributed by atoms with Crippen molar-refractivity contribution in [3.8, 4) is 0 Å². The zero-order valence-electron chi connectivity index (χ0n) is 12.9. The highest BCUT2D eigenvalue weighted by Crippen LogP contribution is 2.38. The Balaban J connectivity index is 1.60. The molecule has 3 aliphatic rings. The highest BCUT2D eigenvalue weighted by Gasteiger charge is 2.44. The van der Waals surface area contributed by atoms with Crippen LogP contribution >= 0.6 is 0 Å². The summed E-state index contributed by atoms with van der Waals surface area (Å²) in [6.07, 6.45) is 7.87. The third-order valence-electron chi connectivity index (χ3n) is 5.50. The van der Waals surface area contributed by atoms with Crippen molar-refractivity contribution >= 4 is 10.0 Å². The first kappa shape index (κ1) is 14.7. The van der Waals surface area contributed by atoms with E-state index in [-0.39, 0.29) is 5.41 Å². The lowest BCUT2D eigenvalue weighted by atomic mass is 9.80. The van der Waals surface area contributed by atoms with Gasteiger partial charge in [0.15, 0.2) is 5.03 Å². The van der Waals surface area contributed by atoms with Gasteiger partial charge in [-0.15, -0.1) is 0 Å². The summed E-state index contributed by atoms with van der Waals surface area (Å²) in [6, 6.07) is 0. The molecule has 0 bridgehead atoms. The van der Waals surface area contributed by atoms with Crippen molar-refractivity contribution in [3.05, 3.63) is 12.0 Å². The van der Waals surface area contributed by atoms with Gasteiger partial charge in [0.2, 0.25) is 0 Å². The van der Waals surface area contributed by atoms with Crippen LogP contribution in [-0.4, -0.2) is 48.5 Å². The summed E-state index contributed by atoms with van der Waals surface area (Å²) in [5.74, 6) is 0.929. The Hall–Kier alpha value is -0.920. The van der Waals surface area contributed by atoms with Crippen molar-refractivity contribution in [2.24, 2.45) is 5.41 Å². The number of sulfonamides is 1. The predicted octanol–water partition coefficient (Wildman–Crippen LogP) is 0.984. The van der Waals surface area contributed by atoms with E-state index in [2.05, 4.69) is 10.3 Å². The van der Waals surface area contributed by atoms with Crippen LogP contribution in [0.25, 0.3) is 0 Å². The lowest BCUT2D eigenvalue weighted by Crippen LogP contribution is -2.42. The smallest absolute Gasteiger partial charge is 0.260 e. The number of piperidine rings is 1. The van der Waals surface area contributed by atoms with E-state index in [1.165, 1.54) is 0 Å². The average molecular weight is 324 g/mol. The van der Waals surface area contributed by atoms with Gasteiger partial charge in [-0.3, -0.25) is 0 Å². The Morgan fingerprint density at radius 1 is 1.18 bits per heavy atom. The quantitative estimate of drug-likeness (QED) is 0.881. The molecule has 1 aromatic rings. The molecule has 2 saturated heterocycles. The summed E-state index contributed by atoms with van der Waals surface area (Å²) >= 11 is 0. The minimum atomic E-state index is -3.41. The number of nitrogens with one attached hydrogen (secondary N) is 1. The molecule has 0 aromatic carbocycles. The number of imidazole rings is 1. The topological polar surface area (TPSA) is 67.2 Å². The summed E-state index contributed by atoms with van der Waals surface area (Å²) < 4.78 is 29.7. The standard InChI is InChI=1S/C15H24N4O2S/c20-22(21,14-10-17-13-4-1-2-8-19(13)14)18-9-6-15(12-18)5-3-7-16-11-15/h10,16H,1-9,11-12H2. The van der Waals surface area contributed by atoms with Crippen LogP contribution in [0, 0.1) is 5.41 Å². The number of hydrogen-bond donors (Lipinski definition) is 1. The molecule has 1 unspecified atom stereocenters. The highest BCUT2D eigenvalue weighted by atomic mass is 32.2. The number of nitrogens with zero attached hydrogens (tertiary/aromatic N) is 3. The van der Waals surface area contributed by atoms with E-state index in [0.29, 0.717) is 18.1 Å². The van der Waals surface area contributed by atoms with Crippen LogP contribution in [0.4, 0.5) is 0 Å². The highest BCUT2D eigenvalue weighted by molar-refractivity contribution is 7.89. The molecule has 1 aromatic heterocycles. The van der Waals surface area contributed by atoms with Gasteiger partial charge < -0.3 is 9.88 Å². The summed E-state index contributed by atoms with van der Waals surface area (Å²) in [5.41, 5.74) is 0.149.